The number of ether oxygens (including phenoxy) is 2. The second-order valence-electron chi connectivity index (χ2n) is 3.93. The number of nitriles is 3. The Morgan fingerprint density at radius 3 is 2.00 bits per heavy atom. The molecule has 1 aliphatic carbocycles. The number of hydrogen-bond acceptors (Lipinski definition) is 6. The summed E-state index contributed by atoms with van der Waals surface area (Å²) in [5.74, 6) is 1.88. The molecule has 6 nitrogen and oxygen atoms in total. The molecule has 0 aromatic carbocycles. The number of nitrogens with one attached hydrogen (secondary N) is 1. The molecule has 2 rings (SSSR count). The molecule has 0 radical (unpaired) electrons. The van der Waals surface area contributed by atoms with Crippen LogP contribution in [0.5, 0.6) is 0 Å². The van der Waals surface area contributed by atoms with Gasteiger partial charge in [-0.3, -0.25) is 5.41 Å². The van der Waals surface area contributed by atoms with E-state index < -0.39 is 0 Å². The van der Waals surface area contributed by atoms with Gasteiger partial charge < -0.3 is 9.47 Å². The van der Waals surface area contributed by atoms with Crippen molar-refractivity contribution in [3.8, 4) is 18.2 Å². The lowest BCUT2D eigenvalue weighted by atomic mass is 9.91. The van der Waals surface area contributed by atoms with Crippen molar-refractivity contribution >= 4 is 5.87 Å². The molecule has 19 heavy (non-hydrogen) atoms. The number of rotatable bonds is 1. The molecule has 0 aromatic heterocycles. The Bertz CT molecular complexity index is 654. The Morgan fingerprint density at radius 2 is 1.53 bits per heavy atom. The summed E-state index contributed by atoms with van der Waals surface area (Å²) in [4.78, 5) is 0. The number of nitrogens with zero attached hydrogens (tertiary/aromatic N) is 3. The zero-order chi connectivity index (χ0) is 13.8. The van der Waals surface area contributed by atoms with Gasteiger partial charge in [0.15, 0.2) is 0 Å². The summed E-state index contributed by atoms with van der Waals surface area (Å²) in [6.45, 7) is 0.825. The van der Waals surface area contributed by atoms with Crippen LogP contribution in [0.15, 0.2) is 27.9 Å². The third-order valence-corrected chi connectivity index (χ3v) is 2.96. The van der Waals surface area contributed by atoms with E-state index in [0.29, 0.717) is 18.8 Å². The van der Waals surface area contributed by atoms with Crippen molar-refractivity contribution in [2.24, 2.45) is 5.92 Å². The van der Waals surface area contributed by atoms with Gasteiger partial charge in [0.1, 0.15) is 25.0 Å². The second kappa shape index (κ2) is 5.31. The smallest absolute Gasteiger partial charge is 0.146 e. The molecule has 1 fully saturated rings. The first-order valence-corrected chi connectivity index (χ1v) is 5.43. The van der Waals surface area contributed by atoms with E-state index in [1.807, 2.05) is 18.2 Å². The molecule has 2 aliphatic rings. The van der Waals surface area contributed by atoms with Crippen LogP contribution in [0.2, 0.25) is 0 Å². The lowest BCUT2D eigenvalue weighted by Gasteiger charge is -2.24. The first-order chi connectivity index (χ1) is 9.28. The minimum atomic E-state index is -0.273. The van der Waals surface area contributed by atoms with E-state index in [9.17, 15) is 5.26 Å². The lowest BCUT2D eigenvalue weighted by Crippen LogP contribution is -2.26. The summed E-state index contributed by atoms with van der Waals surface area (Å²) in [6, 6.07) is 5.65. The summed E-state index contributed by atoms with van der Waals surface area (Å²) in [7, 11) is 0. The summed E-state index contributed by atoms with van der Waals surface area (Å²) >= 11 is 0. The van der Waals surface area contributed by atoms with Gasteiger partial charge in [-0.25, -0.2) is 0 Å². The zero-order valence-electron chi connectivity index (χ0n) is 9.86. The fourth-order valence-corrected chi connectivity index (χ4v) is 2.18. The predicted octanol–water partition coefficient (Wildman–Crippen LogP) is 0.959. The molecular formula is C13H8N4O2. The summed E-state index contributed by atoms with van der Waals surface area (Å²) in [6.07, 6.45) is 0. The van der Waals surface area contributed by atoms with Crippen molar-refractivity contribution < 1.29 is 9.47 Å². The van der Waals surface area contributed by atoms with Crippen LogP contribution in [0.25, 0.3) is 0 Å². The predicted molar refractivity (Wildman–Crippen MR) is 62.4 cm³/mol. The Hall–Kier alpha value is -2.68. The molecule has 0 bridgehead atoms. The Kier molecular flexibility index (Phi) is 3.57. The normalized spacial score (nSPS) is 19.7. The molecule has 0 amide bonds. The van der Waals surface area contributed by atoms with Gasteiger partial charge >= 0.3 is 0 Å². The van der Waals surface area contributed by atoms with Gasteiger partial charge in [0.25, 0.3) is 0 Å². The average Bonchev–Trinajstić information content (AvgIpc) is 2.80. The standard InChI is InChI=1S/C13H8N4O2/c14-1-9-10(2-15)12(4-17)13(11(9)3-16)8-5-18-7-19-6-8/h8,16H,5-7H2. The van der Waals surface area contributed by atoms with E-state index in [2.05, 4.69) is 5.87 Å². The van der Waals surface area contributed by atoms with Crippen LogP contribution in [0, 0.1) is 45.3 Å². The molecule has 1 heterocycles. The third-order valence-electron chi connectivity index (χ3n) is 2.96. The van der Waals surface area contributed by atoms with Crippen molar-refractivity contribution in [1.82, 2.24) is 0 Å². The maximum absolute atomic E-state index is 9.21. The van der Waals surface area contributed by atoms with E-state index >= 15 is 0 Å². The Morgan fingerprint density at radius 1 is 0.947 bits per heavy atom. The van der Waals surface area contributed by atoms with E-state index in [0.717, 1.165) is 0 Å². The van der Waals surface area contributed by atoms with Gasteiger partial charge in [0.05, 0.1) is 35.5 Å². The SMILES string of the molecule is N#CC1=C(C#N)C(C#N)=C(C2COCOC2)C1=C=N. The maximum Gasteiger partial charge on any atom is 0.146 e. The maximum atomic E-state index is 9.21. The molecule has 92 valence electrons. The first kappa shape index (κ1) is 12.8. The fraction of sp³-hybridized carbons (Fsp3) is 0.308. The second-order valence-corrected chi connectivity index (χ2v) is 3.93. The minimum Gasteiger partial charge on any atom is -0.355 e. The third kappa shape index (κ3) is 1.95. The highest BCUT2D eigenvalue weighted by molar-refractivity contribution is 5.84. The molecule has 0 saturated carbocycles. The van der Waals surface area contributed by atoms with Crippen molar-refractivity contribution in [3.63, 3.8) is 0 Å². The van der Waals surface area contributed by atoms with Gasteiger partial charge in [0, 0.05) is 5.92 Å². The molecule has 0 spiro atoms. The average molecular weight is 252 g/mol. The van der Waals surface area contributed by atoms with Crippen molar-refractivity contribution in [2.75, 3.05) is 20.0 Å². The van der Waals surface area contributed by atoms with Gasteiger partial charge in [-0.05, 0) is 11.4 Å². The molecule has 6 heteroatoms. The van der Waals surface area contributed by atoms with Crippen LogP contribution in [-0.4, -0.2) is 25.9 Å². The van der Waals surface area contributed by atoms with E-state index in [1.165, 1.54) is 0 Å². The highest BCUT2D eigenvalue weighted by Gasteiger charge is 2.35. The van der Waals surface area contributed by atoms with E-state index in [1.54, 1.807) is 0 Å². The highest BCUT2D eigenvalue weighted by atomic mass is 16.7. The first-order valence-electron chi connectivity index (χ1n) is 5.43. The molecular weight excluding hydrogens is 244 g/mol. The molecule has 1 saturated heterocycles. The molecule has 0 atom stereocenters. The van der Waals surface area contributed by atoms with Crippen molar-refractivity contribution in [2.45, 2.75) is 0 Å². The summed E-state index contributed by atoms with van der Waals surface area (Å²) < 4.78 is 10.3. The summed E-state index contributed by atoms with van der Waals surface area (Å²) in [5, 5.41) is 34.7. The Balaban J connectivity index is 2.60. The molecule has 0 unspecified atom stereocenters. The van der Waals surface area contributed by atoms with Crippen LogP contribution in [-0.2, 0) is 9.47 Å². The molecule has 1 N–H and O–H groups in total. The lowest BCUT2D eigenvalue weighted by molar-refractivity contribution is -0.117. The van der Waals surface area contributed by atoms with Crippen molar-refractivity contribution in [1.29, 1.82) is 21.2 Å². The van der Waals surface area contributed by atoms with E-state index in [4.69, 9.17) is 25.4 Å². The van der Waals surface area contributed by atoms with Crippen LogP contribution in [0.1, 0.15) is 0 Å². The van der Waals surface area contributed by atoms with Crippen molar-refractivity contribution in [3.05, 3.63) is 27.9 Å². The quantitative estimate of drug-likeness (QED) is 0.698. The van der Waals surface area contributed by atoms with Gasteiger partial charge in [0.2, 0.25) is 0 Å². The van der Waals surface area contributed by atoms with Crippen LogP contribution >= 0.6 is 0 Å². The van der Waals surface area contributed by atoms with Gasteiger partial charge in [-0.1, -0.05) is 0 Å². The Labute approximate surface area is 109 Å². The van der Waals surface area contributed by atoms with Gasteiger partial charge in [-0.2, -0.15) is 15.8 Å². The van der Waals surface area contributed by atoms with Crippen LogP contribution in [0.3, 0.4) is 0 Å². The van der Waals surface area contributed by atoms with Crippen LogP contribution in [0.4, 0.5) is 0 Å². The zero-order valence-corrected chi connectivity index (χ0v) is 9.86. The number of hydrogen-bond donors (Lipinski definition) is 1. The van der Waals surface area contributed by atoms with E-state index in [-0.39, 0.29) is 35.0 Å². The van der Waals surface area contributed by atoms with Gasteiger partial charge in [-0.15, -0.1) is 0 Å². The summed E-state index contributed by atoms with van der Waals surface area (Å²) in [5.41, 5.74) is 0.780. The number of allylic oxidation sites excluding steroid dienone is 4. The topological polar surface area (TPSA) is 114 Å². The minimum absolute atomic E-state index is 0.000300. The fourth-order valence-electron chi connectivity index (χ4n) is 2.18. The molecule has 0 aromatic rings. The monoisotopic (exact) mass is 252 g/mol. The van der Waals surface area contributed by atoms with Crippen LogP contribution < -0.4 is 0 Å². The molecule has 1 aliphatic heterocycles. The highest BCUT2D eigenvalue weighted by Crippen LogP contribution is 2.39. The largest absolute Gasteiger partial charge is 0.355 e.